The summed E-state index contributed by atoms with van der Waals surface area (Å²) >= 11 is 0. The molecule has 5 aliphatic rings. The lowest BCUT2D eigenvalue weighted by atomic mass is 9.57. The van der Waals surface area contributed by atoms with Gasteiger partial charge in [-0.05, 0) is 62.2 Å². The Morgan fingerprint density at radius 2 is 1.65 bits per heavy atom. The second-order valence-electron chi connectivity index (χ2n) is 11.3. The highest BCUT2D eigenvalue weighted by Gasteiger charge is 2.70. The lowest BCUT2D eigenvalue weighted by molar-refractivity contribution is -0.559. The minimum Gasteiger partial charge on any atom is -0.432 e. The van der Waals surface area contributed by atoms with Crippen LogP contribution in [0.15, 0.2) is 66.7 Å². The predicted octanol–water partition coefficient (Wildman–Crippen LogP) is 6.12. The molecule has 4 heterocycles. The van der Waals surface area contributed by atoms with Crippen LogP contribution >= 0.6 is 0 Å². The Bertz CT molecular complexity index is 1190. The number of fused-ring (bicyclic) bond motifs is 2. The molecule has 4 saturated heterocycles. The van der Waals surface area contributed by atoms with Gasteiger partial charge in [-0.15, -0.1) is 0 Å². The summed E-state index contributed by atoms with van der Waals surface area (Å²) in [6, 6.07) is 19.2. The summed E-state index contributed by atoms with van der Waals surface area (Å²) in [5.41, 5.74) is 1.74. The lowest BCUT2D eigenvalue weighted by Gasteiger charge is -2.58. The summed E-state index contributed by atoms with van der Waals surface area (Å²) in [7, 11) is 0. The molecule has 0 aromatic heterocycles. The normalized spacial score (nSPS) is 36.9. The van der Waals surface area contributed by atoms with Gasteiger partial charge in [0.2, 0.25) is 12.1 Å². The molecular weight excluding hydrogens is 468 g/mol. The van der Waals surface area contributed by atoms with Gasteiger partial charge in [0, 0.05) is 23.8 Å². The fraction of sp³-hybridized carbons (Fsp3) is 0.484. The molecule has 7 rings (SSSR count). The Kier molecular flexibility index (Phi) is 6.30. The molecule has 194 valence electrons. The largest absolute Gasteiger partial charge is 0.432 e. The molecule has 37 heavy (non-hydrogen) atoms. The first-order valence-corrected chi connectivity index (χ1v) is 13.5. The van der Waals surface area contributed by atoms with Gasteiger partial charge in [0.15, 0.2) is 11.4 Å². The summed E-state index contributed by atoms with van der Waals surface area (Å²) in [6.45, 7) is 4.12. The van der Waals surface area contributed by atoms with Crippen LogP contribution in [-0.4, -0.2) is 29.4 Å². The van der Waals surface area contributed by atoms with Gasteiger partial charge in [-0.1, -0.05) is 67.6 Å². The van der Waals surface area contributed by atoms with E-state index < -0.39 is 17.7 Å². The Labute approximate surface area is 217 Å². The van der Waals surface area contributed by atoms with Crippen molar-refractivity contribution in [3.63, 3.8) is 0 Å². The van der Waals surface area contributed by atoms with Crippen LogP contribution in [0.3, 0.4) is 0 Å². The van der Waals surface area contributed by atoms with Crippen molar-refractivity contribution >= 4 is 17.3 Å². The number of hydrogen-bond donors (Lipinski definition) is 0. The van der Waals surface area contributed by atoms with Crippen LogP contribution in [0, 0.1) is 23.7 Å². The first kappa shape index (κ1) is 24.5. The average Bonchev–Trinajstić information content (AvgIpc) is 3.15. The van der Waals surface area contributed by atoms with Crippen molar-refractivity contribution in [2.24, 2.45) is 23.7 Å². The second kappa shape index (κ2) is 9.50. The van der Waals surface area contributed by atoms with E-state index in [1.165, 1.54) is 0 Å². The van der Waals surface area contributed by atoms with Gasteiger partial charge < -0.3 is 9.47 Å². The zero-order valence-corrected chi connectivity index (χ0v) is 21.4. The maximum Gasteiger partial charge on any atom is 0.311 e. The summed E-state index contributed by atoms with van der Waals surface area (Å²) in [6.07, 6.45) is 5.59. The second-order valence-corrected chi connectivity index (χ2v) is 11.3. The third kappa shape index (κ3) is 4.25. The SMILES string of the molecule is C[C@@H]1CC[C@H]2[C@@H](CC/C(=C/C(=O)c3ccccc3)c3ccccc3)C(=O)O[C@@H]3O[C@]4(C)CC[C@@H]1[C@]32OO4. The number of hydrogen-bond acceptors (Lipinski definition) is 6. The topological polar surface area (TPSA) is 71.1 Å². The molecule has 6 nitrogen and oxygen atoms in total. The molecule has 6 heteroatoms. The first-order valence-electron chi connectivity index (χ1n) is 13.5. The van der Waals surface area contributed by atoms with Crippen molar-refractivity contribution < 1.29 is 28.8 Å². The molecule has 1 aliphatic carbocycles. The van der Waals surface area contributed by atoms with E-state index in [4.69, 9.17) is 19.2 Å². The van der Waals surface area contributed by atoms with Crippen molar-refractivity contribution in [1.82, 2.24) is 0 Å². The van der Waals surface area contributed by atoms with E-state index in [2.05, 4.69) is 6.92 Å². The van der Waals surface area contributed by atoms with E-state index in [0.29, 0.717) is 30.7 Å². The highest BCUT2D eigenvalue weighted by atomic mass is 17.3. The van der Waals surface area contributed by atoms with E-state index in [0.717, 1.165) is 30.4 Å². The van der Waals surface area contributed by atoms with Crippen molar-refractivity contribution in [2.75, 3.05) is 0 Å². The van der Waals surface area contributed by atoms with Crippen LogP contribution in [0.5, 0.6) is 0 Å². The fourth-order valence-corrected chi connectivity index (χ4v) is 7.04. The van der Waals surface area contributed by atoms with Gasteiger partial charge in [-0.3, -0.25) is 9.59 Å². The van der Waals surface area contributed by atoms with E-state index in [-0.39, 0.29) is 29.5 Å². The Morgan fingerprint density at radius 1 is 0.946 bits per heavy atom. The van der Waals surface area contributed by atoms with E-state index in [1.54, 1.807) is 6.08 Å². The molecule has 0 amide bonds. The van der Waals surface area contributed by atoms with Crippen LogP contribution in [0.4, 0.5) is 0 Å². The molecule has 1 spiro atoms. The number of esters is 1. The fourth-order valence-electron chi connectivity index (χ4n) is 7.04. The van der Waals surface area contributed by atoms with E-state index in [9.17, 15) is 9.59 Å². The van der Waals surface area contributed by atoms with Gasteiger partial charge in [0.05, 0.1) is 5.92 Å². The maximum absolute atomic E-state index is 13.4. The summed E-state index contributed by atoms with van der Waals surface area (Å²) < 4.78 is 12.2. The Morgan fingerprint density at radius 3 is 2.38 bits per heavy atom. The summed E-state index contributed by atoms with van der Waals surface area (Å²) in [5.74, 6) is -0.991. The zero-order valence-electron chi connectivity index (χ0n) is 21.4. The van der Waals surface area contributed by atoms with Crippen LogP contribution in [-0.2, 0) is 24.0 Å². The average molecular weight is 503 g/mol. The molecule has 0 unspecified atom stereocenters. The Balaban J connectivity index is 1.30. The van der Waals surface area contributed by atoms with Crippen LogP contribution in [0.2, 0.25) is 0 Å². The standard InChI is InChI=1S/C31H34O6/c1-20-13-16-26-24(28(33)34-29-31(26)25(20)17-18-30(2,35-29)36-37-31)15-14-23(21-9-5-3-6-10-21)19-27(32)22-11-7-4-8-12-22/h3-12,19-20,24-26,29H,13-18H2,1-2H3/b23-19-/t20-,24-,25+,26+,29-,30+,31-/m1/s1. The minimum absolute atomic E-state index is 0.0450. The molecule has 7 atom stereocenters. The monoisotopic (exact) mass is 502 g/mol. The number of ketones is 1. The van der Waals surface area contributed by atoms with Crippen LogP contribution < -0.4 is 0 Å². The third-order valence-corrected chi connectivity index (χ3v) is 9.02. The number of rotatable bonds is 6. The number of ether oxygens (including phenoxy) is 2. The highest BCUT2D eigenvalue weighted by molar-refractivity contribution is 6.08. The Hall–Kier alpha value is -2.80. The van der Waals surface area contributed by atoms with Crippen molar-refractivity contribution in [3.05, 3.63) is 77.9 Å². The molecule has 0 radical (unpaired) electrons. The predicted molar refractivity (Wildman–Crippen MR) is 137 cm³/mol. The number of carbonyl (C=O) groups excluding carboxylic acids is 2. The van der Waals surface area contributed by atoms with Crippen molar-refractivity contribution in [2.45, 2.75) is 70.1 Å². The molecule has 2 aromatic carbocycles. The van der Waals surface area contributed by atoms with Gasteiger partial charge in [0.25, 0.3) is 0 Å². The van der Waals surface area contributed by atoms with E-state index >= 15 is 0 Å². The van der Waals surface area contributed by atoms with Gasteiger partial charge >= 0.3 is 5.97 Å². The molecule has 4 aliphatic heterocycles. The first-order chi connectivity index (χ1) is 17.9. The molecule has 1 saturated carbocycles. The number of benzene rings is 2. The number of allylic oxidation sites excluding steroid dienone is 2. The summed E-state index contributed by atoms with van der Waals surface area (Å²) in [5, 5.41) is 0. The molecule has 2 bridgehead atoms. The third-order valence-electron chi connectivity index (χ3n) is 9.02. The smallest absolute Gasteiger partial charge is 0.311 e. The quantitative estimate of drug-likeness (QED) is 0.205. The van der Waals surface area contributed by atoms with Gasteiger partial charge in [-0.2, -0.15) is 0 Å². The molecular formula is C31H34O6. The zero-order chi connectivity index (χ0) is 25.6. The van der Waals surface area contributed by atoms with Crippen LogP contribution in [0.25, 0.3) is 5.57 Å². The minimum atomic E-state index is -0.897. The summed E-state index contributed by atoms with van der Waals surface area (Å²) in [4.78, 5) is 38.6. The molecule has 5 fully saturated rings. The molecule has 2 aromatic rings. The van der Waals surface area contributed by atoms with E-state index in [1.807, 2.05) is 67.6 Å². The highest BCUT2D eigenvalue weighted by Crippen LogP contribution is 2.60. The van der Waals surface area contributed by atoms with Gasteiger partial charge in [-0.25, -0.2) is 9.78 Å². The van der Waals surface area contributed by atoms with Gasteiger partial charge in [0.1, 0.15) is 0 Å². The molecule has 0 N–H and O–H groups in total. The van der Waals surface area contributed by atoms with Crippen molar-refractivity contribution in [1.29, 1.82) is 0 Å². The lowest BCUT2D eigenvalue weighted by Crippen LogP contribution is -2.70. The van der Waals surface area contributed by atoms with Crippen molar-refractivity contribution in [3.8, 4) is 0 Å². The maximum atomic E-state index is 13.4. The number of carbonyl (C=O) groups is 2. The van der Waals surface area contributed by atoms with Crippen LogP contribution in [0.1, 0.15) is 68.3 Å².